The predicted molar refractivity (Wildman–Crippen MR) is 53.3 cm³/mol. The Morgan fingerprint density at radius 3 is 3.08 bits per heavy atom. The normalized spacial score (nSPS) is 28.3. The molecule has 1 N–H and O–H groups in total. The maximum absolute atomic E-state index is 3.78. The van der Waals surface area contributed by atoms with Gasteiger partial charge in [-0.25, -0.2) is 0 Å². The van der Waals surface area contributed by atoms with Gasteiger partial charge in [0.15, 0.2) is 0 Å². The lowest BCUT2D eigenvalue weighted by Gasteiger charge is -2.38. The molecule has 2 atom stereocenters. The molecule has 0 aliphatic carbocycles. The van der Waals surface area contributed by atoms with Gasteiger partial charge in [-0.05, 0) is 20.3 Å². The van der Waals surface area contributed by atoms with Crippen LogP contribution in [0, 0.1) is 0 Å². The lowest BCUT2D eigenvalue weighted by Crippen LogP contribution is -2.53. The average molecular weight is 168 g/mol. The largest absolute Gasteiger partial charge is 0.314 e. The van der Waals surface area contributed by atoms with Gasteiger partial charge in [0.2, 0.25) is 0 Å². The van der Waals surface area contributed by atoms with E-state index in [1.165, 1.54) is 6.54 Å². The Bertz CT molecular complexity index is 145. The summed E-state index contributed by atoms with van der Waals surface area (Å²) in [6, 6.07) is 1.33. The zero-order valence-corrected chi connectivity index (χ0v) is 8.21. The molecule has 1 aliphatic heterocycles. The third-order valence-electron chi connectivity index (χ3n) is 2.63. The highest BCUT2D eigenvalue weighted by Gasteiger charge is 2.21. The maximum atomic E-state index is 3.78. The molecule has 1 heterocycles. The number of hydrogen-bond donors (Lipinski definition) is 1. The summed E-state index contributed by atoms with van der Waals surface area (Å²) in [5, 5.41) is 3.39. The van der Waals surface area contributed by atoms with Crippen molar-refractivity contribution in [1.82, 2.24) is 10.2 Å². The van der Waals surface area contributed by atoms with Gasteiger partial charge in [-0.15, -0.1) is 6.58 Å². The molecule has 2 heteroatoms. The molecule has 1 saturated heterocycles. The maximum Gasteiger partial charge on any atom is 0.0195 e. The minimum absolute atomic E-state index is 0.652. The minimum Gasteiger partial charge on any atom is -0.314 e. The minimum atomic E-state index is 0.652. The molecule has 0 aromatic heterocycles. The molecule has 0 aromatic carbocycles. The van der Waals surface area contributed by atoms with Gasteiger partial charge in [0.25, 0.3) is 0 Å². The van der Waals surface area contributed by atoms with Crippen molar-refractivity contribution in [3.63, 3.8) is 0 Å². The van der Waals surface area contributed by atoms with Crippen LogP contribution in [0.5, 0.6) is 0 Å². The Morgan fingerprint density at radius 1 is 1.75 bits per heavy atom. The van der Waals surface area contributed by atoms with Crippen LogP contribution in [-0.4, -0.2) is 36.6 Å². The molecule has 0 amide bonds. The van der Waals surface area contributed by atoms with Crippen LogP contribution in [0.2, 0.25) is 0 Å². The lowest BCUT2D eigenvalue weighted by atomic mass is 10.1. The van der Waals surface area contributed by atoms with Crippen molar-refractivity contribution in [2.45, 2.75) is 32.4 Å². The van der Waals surface area contributed by atoms with Gasteiger partial charge in [-0.3, -0.25) is 4.90 Å². The summed E-state index contributed by atoms with van der Waals surface area (Å²) in [7, 11) is 0. The van der Waals surface area contributed by atoms with Crippen LogP contribution >= 0.6 is 0 Å². The van der Waals surface area contributed by atoms with E-state index in [1.807, 2.05) is 6.08 Å². The molecule has 0 bridgehead atoms. The molecule has 0 spiro atoms. The molecule has 0 saturated carbocycles. The van der Waals surface area contributed by atoms with Gasteiger partial charge in [0.1, 0.15) is 0 Å². The zero-order chi connectivity index (χ0) is 8.97. The highest BCUT2D eigenvalue weighted by molar-refractivity contribution is 4.84. The van der Waals surface area contributed by atoms with E-state index in [0.29, 0.717) is 12.1 Å². The molecule has 0 radical (unpaired) electrons. The van der Waals surface area contributed by atoms with Crippen LogP contribution in [0.15, 0.2) is 12.7 Å². The van der Waals surface area contributed by atoms with Crippen LogP contribution < -0.4 is 5.32 Å². The van der Waals surface area contributed by atoms with E-state index in [-0.39, 0.29) is 0 Å². The van der Waals surface area contributed by atoms with Crippen LogP contribution in [0.3, 0.4) is 0 Å². The first-order valence-corrected chi connectivity index (χ1v) is 4.83. The smallest absolute Gasteiger partial charge is 0.0195 e. The van der Waals surface area contributed by atoms with Crippen molar-refractivity contribution in [1.29, 1.82) is 0 Å². The van der Waals surface area contributed by atoms with Gasteiger partial charge < -0.3 is 5.32 Å². The summed E-state index contributed by atoms with van der Waals surface area (Å²) in [4.78, 5) is 2.55. The van der Waals surface area contributed by atoms with Gasteiger partial charge in [0, 0.05) is 31.7 Å². The Kier molecular flexibility index (Phi) is 3.76. The Balaban J connectivity index is 2.41. The fourth-order valence-electron chi connectivity index (χ4n) is 1.89. The number of piperazine rings is 1. The van der Waals surface area contributed by atoms with Crippen molar-refractivity contribution in [2.75, 3.05) is 19.6 Å². The van der Waals surface area contributed by atoms with E-state index >= 15 is 0 Å². The number of rotatable bonds is 3. The third-order valence-corrected chi connectivity index (χ3v) is 2.63. The summed E-state index contributed by atoms with van der Waals surface area (Å²) in [5.74, 6) is 0. The first-order valence-electron chi connectivity index (χ1n) is 4.83. The van der Waals surface area contributed by atoms with Crippen LogP contribution in [-0.2, 0) is 0 Å². The second-order valence-electron chi connectivity index (χ2n) is 3.66. The number of hydrogen-bond acceptors (Lipinski definition) is 2. The molecule has 1 fully saturated rings. The van der Waals surface area contributed by atoms with Crippen molar-refractivity contribution < 1.29 is 0 Å². The number of nitrogens with one attached hydrogen (secondary N) is 1. The topological polar surface area (TPSA) is 15.3 Å². The highest BCUT2D eigenvalue weighted by atomic mass is 15.2. The van der Waals surface area contributed by atoms with Crippen LogP contribution in [0.4, 0.5) is 0 Å². The quantitative estimate of drug-likeness (QED) is 0.638. The van der Waals surface area contributed by atoms with Crippen molar-refractivity contribution in [3.8, 4) is 0 Å². The second-order valence-corrected chi connectivity index (χ2v) is 3.66. The van der Waals surface area contributed by atoms with Gasteiger partial charge in [-0.1, -0.05) is 6.08 Å². The van der Waals surface area contributed by atoms with Crippen molar-refractivity contribution >= 4 is 0 Å². The van der Waals surface area contributed by atoms with E-state index in [1.54, 1.807) is 0 Å². The molecule has 70 valence electrons. The SMILES string of the molecule is C=CCC(C)N1CCNCC1C. The van der Waals surface area contributed by atoms with E-state index in [0.717, 1.165) is 19.5 Å². The third kappa shape index (κ3) is 2.32. The van der Waals surface area contributed by atoms with E-state index < -0.39 is 0 Å². The summed E-state index contributed by atoms with van der Waals surface area (Å²) in [5.41, 5.74) is 0. The van der Waals surface area contributed by atoms with Crippen molar-refractivity contribution in [3.05, 3.63) is 12.7 Å². The van der Waals surface area contributed by atoms with Crippen molar-refractivity contribution in [2.24, 2.45) is 0 Å². The average Bonchev–Trinajstić information content (AvgIpc) is 2.05. The zero-order valence-electron chi connectivity index (χ0n) is 8.21. The molecular formula is C10H20N2. The molecular weight excluding hydrogens is 148 g/mol. The van der Waals surface area contributed by atoms with E-state index in [9.17, 15) is 0 Å². The summed E-state index contributed by atoms with van der Waals surface area (Å²) in [6.45, 7) is 11.8. The molecule has 1 rings (SSSR count). The monoisotopic (exact) mass is 168 g/mol. The van der Waals surface area contributed by atoms with E-state index in [4.69, 9.17) is 0 Å². The summed E-state index contributed by atoms with van der Waals surface area (Å²) in [6.07, 6.45) is 3.11. The fourth-order valence-corrected chi connectivity index (χ4v) is 1.89. The molecule has 0 aromatic rings. The summed E-state index contributed by atoms with van der Waals surface area (Å²) < 4.78 is 0. The standard InChI is InChI=1S/C10H20N2/c1-4-5-9(2)12-7-6-11-8-10(12)3/h4,9-11H,1,5-8H2,2-3H3. The number of nitrogens with zero attached hydrogens (tertiary/aromatic N) is 1. The predicted octanol–water partition coefficient (Wildman–Crippen LogP) is 1.24. The van der Waals surface area contributed by atoms with E-state index in [2.05, 4.69) is 30.6 Å². The summed E-state index contributed by atoms with van der Waals surface area (Å²) >= 11 is 0. The Labute approximate surface area is 75.6 Å². The Morgan fingerprint density at radius 2 is 2.50 bits per heavy atom. The molecule has 1 aliphatic rings. The van der Waals surface area contributed by atoms with Crippen LogP contribution in [0.1, 0.15) is 20.3 Å². The van der Waals surface area contributed by atoms with Gasteiger partial charge in [-0.2, -0.15) is 0 Å². The van der Waals surface area contributed by atoms with Gasteiger partial charge in [0.05, 0.1) is 0 Å². The first-order chi connectivity index (χ1) is 5.75. The second kappa shape index (κ2) is 4.63. The highest BCUT2D eigenvalue weighted by Crippen LogP contribution is 2.10. The van der Waals surface area contributed by atoms with Gasteiger partial charge >= 0.3 is 0 Å². The first kappa shape index (κ1) is 9.75. The molecule has 2 nitrogen and oxygen atoms in total. The van der Waals surface area contributed by atoms with Crippen LogP contribution in [0.25, 0.3) is 0 Å². The Hall–Kier alpha value is -0.340. The molecule has 2 unspecified atom stereocenters. The fraction of sp³-hybridized carbons (Fsp3) is 0.800. The lowest BCUT2D eigenvalue weighted by molar-refractivity contribution is 0.127. The molecule has 12 heavy (non-hydrogen) atoms.